The van der Waals surface area contributed by atoms with Crippen LogP contribution in [0.4, 0.5) is 0 Å². The van der Waals surface area contributed by atoms with E-state index in [1.165, 1.54) is 5.56 Å². The summed E-state index contributed by atoms with van der Waals surface area (Å²) in [6, 6.07) is 19.6. The van der Waals surface area contributed by atoms with Crippen molar-refractivity contribution >= 4 is 5.91 Å². The molecule has 0 radical (unpaired) electrons. The van der Waals surface area contributed by atoms with Crippen LogP contribution in [0.3, 0.4) is 0 Å². The molecule has 0 aliphatic carbocycles. The number of morpholine rings is 1. The largest absolute Gasteiger partial charge is 0.484 e. The average Bonchev–Trinajstić information content (AvgIpc) is 2.68. The van der Waals surface area contributed by atoms with Crippen LogP contribution in [0.1, 0.15) is 11.7 Å². The van der Waals surface area contributed by atoms with E-state index in [1.54, 1.807) is 0 Å². The summed E-state index contributed by atoms with van der Waals surface area (Å²) in [5.41, 5.74) is 1.20. The molecule has 2 aromatic carbocycles. The van der Waals surface area contributed by atoms with Crippen molar-refractivity contribution in [1.82, 2.24) is 10.2 Å². The molecule has 1 atom stereocenters. The standard InChI is InChI=1S/C20H24N2O3/c23-20(16-25-18-9-5-2-6-10-18)21-11-12-22-13-14-24-19(15-22)17-7-3-1-4-8-17/h1-10,19H,11-16H2,(H,21,23). The fourth-order valence-corrected chi connectivity index (χ4v) is 2.85. The molecule has 1 heterocycles. The first-order chi connectivity index (χ1) is 12.3. The number of carbonyl (C=O) groups excluding carboxylic acids is 1. The van der Waals surface area contributed by atoms with Gasteiger partial charge in [0.25, 0.3) is 5.91 Å². The second-order valence-electron chi connectivity index (χ2n) is 6.02. The van der Waals surface area contributed by atoms with Gasteiger partial charge in [0.05, 0.1) is 12.7 Å². The van der Waals surface area contributed by atoms with Gasteiger partial charge in [0.1, 0.15) is 5.75 Å². The Kier molecular flexibility index (Phi) is 6.42. The van der Waals surface area contributed by atoms with Gasteiger partial charge in [0, 0.05) is 26.2 Å². The van der Waals surface area contributed by atoms with Gasteiger partial charge in [0.2, 0.25) is 0 Å². The maximum Gasteiger partial charge on any atom is 0.257 e. The minimum atomic E-state index is -0.100. The smallest absolute Gasteiger partial charge is 0.257 e. The van der Waals surface area contributed by atoms with E-state index in [0.29, 0.717) is 18.9 Å². The molecule has 5 nitrogen and oxygen atoms in total. The van der Waals surface area contributed by atoms with E-state index in [0.717, 1.165) is 19.6 Å². The lowest BCUT2D eigenvalue weighted by Crippen LogP contribution is -2.43. The quantitative estimate of drug-likeness (QED) is 0.840. The topological polar surface area (TPSA) is 50.8 Å². The highest BCUT2D eigenvalue weighted by molar-refractivity contribution is 5.77. The molecular formula is C20H24N2O3. The van der Waals surface area contributed by atoms with Crippen LogP contribution < -0.4 is 10.1 Å². The maximum atomic E-state index is 11.9. The summed E-state index contributed by atoms with van der Waals surface area (Å²) in [4.78, 5) is 14.2. The maximum absolute atomic E-state index is 11.9. The third-order valence-corrected chi connectivity index (χ3v) is 4.19. The summed E-state index contributed by atoms with van der Waals surface area (Å²) in [6.07, 6.45) is 0.104. The van der Waals surface area contributed by atoms with Crippen molar-refractivity contribution in [1.29, 1.82) is 0 Å². The van der Waals surface area contributed by atoms with E-state index in [4.69, 9.17) is 9.47 Å². The molecule has 25 heavy (non-hydrogen) atoms. The minimum Gasteiger partial charge on any atom is -0.484 e. The van der Waals surface area contributed by atoms with Crippen molar-refractivity contribution in [3.05, 3.63) is 66.2 Å². The Morgan fingerprint density at radius 1 is 1.12 bits per heavy atom. The first-order valence-electron chi connectivity index (χ1n) is 8.65. The lowest BCUT2D eigenvalue weighted by molar-refractivity contribution is -0.123. The first kappa shape index (κ1) is 17.5. The lowest BCUT2D eigenvalue weighted by atomic mass is 10.1. The highest BCUT2D eigenvalue weighted by atomic mass is 16.5. The lowest BCUT2D eigenvalue weighted by Gasteiger charge is -2.33. The molecule has 1 N–H and O–H groups in total. The Balaban J connectivity index is 1.36. The molecule has 0 bridgehead atoms. The Labute approximate surface area is 148 Å². The molecule has 132 valence electrons. The predicted octanol–water partition coefficient (Wildman–Crippen LogP) is 2.26. The van der Waals surface area contributed by atoms with Gasteiger partial charge < -0.3 is 14.8 Å². The zero-order valence-electron chi connectivity index (χ0n) is 14.3. The summed E-state index contributed by atoms with van der Waals surface area (Å²) in [6.45, 7) is 3.91. The van der Waals surface area contributed by atoms with E-state index in [2.05, 4.69) is 22.3 Å². The van der Waals surface area contributed by atoms with Crippen LogP contribution in [0.15, 0.2) is 60.7 Å². The van der Waals surface area contributed by atoms with Gasteiger partial charge in [-0.1, -0.05) is 48.5 Å². The van der Waals surface area contributed by atoms with E-state index < -0.39 is 0 Å². The van der Waals surface area contributed by atoms with Crippen LogP contribution >= 0.6 is 0 Å². The fraction of sp³-hybridized carbons (Fsp3) is 0.350. The second-order valence-corrected chi connectivity index (χ2v) is 6.02. The summed E-state index contributed by atoms with van der Waals surface area (Å²) < 4.78 is 11.3. The zero-order chi connectivity index (χ0) is 17.3. The van der Waals surface area contributed by atoms with Gasteiger partial charge >= 0.3 is 0 Å². The predicted molar refractivity (Wildman–Crippen MR) is 96.5 cm³/mol. The Hall–Kier alpha value is -2.37. The third-order valence-electron chi connectivity index (χ3n) is 4.19. The number of rotatable bonds is 7. The van der Waals surface area contributed by atoms with Crippen molar-refractivity contribution in [3.63, 3.8) is 0 Å². The molecule has 3 rings (SSSR count). The third kappa shape index (κ3) is 5.59. The molecule has 1 saturated heterocycles. The van der Waals surface area contributed by atoms with Crippen molar-refractivity contribution in [2.75, 3.05) is 39.4 Å². The number of nitrogens with zero attached hydrogens (tertiary/aromatic N) is 1. The van der Waals surface area contributed by atoms with Gasteiger partial charge in [-0.25, -0.2) is 0 Å². The number of nitrogens with one attached hydrogen (secondary N) is 1. The number of ether oxygens (including phenoxy) is 2. The Morgan fingerprint density at radius 2 is 1.84 bits per heavy atom. The van der Waals surface area contributed by atoms with Crippen molar-refractivity contribution in [3.8, 4) is 5.75 Å². The van der Waals surface area contributed by atoms with Gasteiger partial charge in [-0.05, 0) is 17.7 Å². The van der Waals surface area contributed by atoms with Crippen molar-refractivity contribution in [2.45, 2.75) is 6.10 Å². The first-order valence-corrected chi connectivity index (χ1v) is 8.65. The monoisotopic (exact) mass is 340 g/mol. The average molecular weight is 340 g/mol. The van der Waals surface area contributed by atoms with Crippen molar-refractivity contribution in [2.24, 2.45) is 0 Å². The van der Waals surface area contributed by atoms with Crippen LogP contribution in [0.25, 0.3) is 0 Å². The number of hydrogen-bond donors (Lipinski definition) is 1. The summed E-state index contributed by atoms with van der Waals surface area (Å²) in [5.74, 6) is 0.605. The molecule has 1 amide bonds. The Morgan fingerprint density at radius 3 is 2.60 bits per heavy atom. The molecular weight excluding hydrogens is 316 g/mol. The number of carbonyl (C=O) groups is 1. The molecule has 0 spiro atoms. The minimum absolute atomic E-state index is 0.0414. The molecule has 1 unspecified atom stereocenters. The normalized spacial score (nSPS) is 17.8. The second kappa shape index (κ2) is 9.20. The molecule has 1 aliphatic rings. The molecule has 5 heteroatoms. The number of hydrogen-bond acceptors (Lipinski definition) is 4. The Bertz CT molecular complexity index is 649. The van der Waals surface area contributed by atoms with Gasteiger partial charge in [-0.3, -0.25) is 9.69 Å². The molecule has 0 saturated carbocycles. The summed E-state index contributed by atoms with van der Waals surface area (Å²) in [7, 11) is 0. The number of para-hydroxylation sites is 1. The van der Waals surface area contributed by atoms with Crippen LogP contribution in [-0.2, 0) is 9.53 Å². The van der Waals surface area contributed by atoms with Crippen LogP contribution in [0, 0.1) is 0 Å². The van der Waals surface area contributed by atoms with Crippen LogP contribution in [0.5, 0.6) is 5.75 Å². The van der Waals surface area contributed by atoms with Gasteiger partial charge in [0.15, 0.2) is 6.61 Å². The zero-order valence-corrected chi connectivity index (χ0v) is 14.3. The van der Waals surface area contributed by atoms with Gasteiger partial charge in [-0.2, -0.15) is 0 Å². The highest BCUT2D eigenvalue weighted by Crippen LogP contribution is 2.21. The van der Waals surface area contributed by atoms with Crippen molar-refractivity contribution < 1.29 is 14.3 Å². The molecule has 1 fully saturated rings. The summed E-state index contributed by atoms with van der Waals surface area (Å²) in [5, 5.41) is 2.91. The van der Waals surface area contributed by atoms with E-state index >= 15 is 0 Å². The SMILES string of the molecule is O=C(COc1ccccc1)NCCN1CCOC(c2ccccc2)C1. The molecule has 1 aliphatic heterocycles. The fourth-order valence-electron chi connectivity index (χ4n) is 2.85. The molecule has 0 aromatic heterocycles. The van der Waals surface area contributed by atoms with E-state index in [-0.39, 0.29) is 18.6 Å². The van der Waals surface area contributed by atoms with Gasteiger partial charge in [-0.15, -0.1) is 0 Å². The number of amides is 1. The number of benzene rings is 2. The van der Waals surface area contributed by atoms with E-state index in [9.17, 15) is 4.79 Å². The highest BCUT2D eigenvalue weighted by Gasteiger charge is 2.21. The van der Waals surface area contributed by atoms with Crippen LogP contribution in [0.2, 0.25) is 0 Å². The van der Waals surface area contributed by atoms with E-state index in [1.807, 2.05) is 48.5 Å². The summed E-state index contributed by atoms with van der Waals surface area (Å²) >= 11 is 0. The molecule has 2 aromatic rings. The van der Waals surface area contributed by atoms with Crippen LogP contribution in [-0.4, -0.2) is 50.2 Å².